The molecule has 0 saturated heterocycles. The van der Waals surface area contributed by atoms with E-state index in [0.29, 0.717) is 0 Å². The number of carbonyl (C=O) groups is 1. The predicted octanol–water partition coefficient (Wildman–Crippen LogP) is 1.82. The predicted molar refractivity (Wildman–Crippen MR) is 45.6 cm³/mol. The largest absolute Gasteiger partial charge is 0.490 e. The fourth-order valence-electron chi connectivity index (χ4n) is 1.52. The molecule has 0 bridgehead atoms. The van der Waals surface area contributed by atoms with Crippen LogP contribution in [0, 0.1) is 0 Å². The third-order valence-electron chi connectivity index (χ3n) is 2.06. The normalized spacial score (nSPS) is 19.9. The van der Waals surface area contributed by atoms with Gasteiger partial charge in [0.2, 0.25) is 0 Å². The molecule has 0 saturated carbocycles. The quantitative estimate of drug-likeness (QED) is 0.589. The maximum atomic E-state index is 10.4. The van der Waals surface area contributed by atoms with Crippen LogP contribution in [0.1, 0.15) is 22.8 Å². The number of aldehydes is 1. The molecule has 0 spiro atoms. The van der Waals surface area contributed by atoms with Crippen molar-refractivity contribution < 1.29 is 9.53 Å². The molecule has 62 valence electrons. The number of ether oxygens (including phenoxy) is 1. The SMILES string of the molecule is CC1Cc2cc(C=O)ccc2O1. The van der Waals surface area contributed by atoms with E-state index in [4.69, 9.17) is 4.74 Å². The summed E-state index contributed by atoms with van der Waals surface area (Å²) in [5.41, 5.74) is 1.87. The Kier molecular flexibility index (Phi) is 1.61. The highest BCUT2D eigenvalue weighted by molar-refractivity contribution is 5.75. The highest BCUT2D eigenvalue weighted by Crippen LogP contribution is 2.28. The Morgan fingerprint density at radius 1 is 1.58 bits per heavy atom. The van der Waals surface area contributed by atoms with Crippen molar-refractivity contribution in [2.45, 2.75) is 19.4 Å². The van der Waals surface area contributed by atoms with Crippen molar-refractivity contribution in [3.63, 3.8) is 0 Å². The second-order valence-corrected chi connectivity index (χ2v) is 3.12. The molecule has 0 aromatic heterocycles. The van der Waals surface area contributed by atoms with Gasteiger partial charge in [-0.15, -0.1) is 0 Å². The second kappa shape index (κ2) is 2.63. The zero-order valence-electron chi connectivity index (χ0n) is 6.91. The van der Waals surface area contributed by atoms with Gasteiger partial charge in [0, 0.05) is 12.0 Å². The summed E-state index contributed by atoms with van der Waals surface area (Å²) < 4.78 is 5.49. The zero-order chi connectivity index (χ0) is 8.55. The van der Waals surface area contributed by atoms with Crippen LogP contribution in [0.2, 0.25) is 0 Å². The van der Waals surface area contributed by atoms with Gasteiger partial charge in [-0.1, -0.05) is 0 Å². The van der Waals surface area contributed by atoms with E-state index in [0.717, 1.165) is 29.6 Å². The van der Waals surface area contributed by atoms with Crippen LogP contribution < -0.4 is 4.74 Å². The Morgan fingerprint density at radius 3 is 3.17 bits per heavy atom. The standard InChI is InChI=1S/C10H10O2/c1-7-4-9-5-8(6-11)2-3-10(9)12-7/h2-3,5-7H,4H2,1H3. The minimum absolute atomic E-state index is 0.252. The molecular weight excluding hydrogens is 152 g/mol. The van der Waals surface area contributed by atoms with Crippen LogP contribution in [0.25, 0.3) is 0 Å². The van der Waals surface area contributed by atoms with Gasteiger partial charge in [0.05, 0.1) is 0 Å². The molecule has 1 aromatic rings. The minimum atomic E-state index is 0.252. The monoisotopic (exact) mass is 162 g/mol. The van der Waals surface area contributed by atoms with Gasteiger partial charge in [0.25, 0.3) is 0 Å². The number of benzene rings is 1. The lowest BCUT2D eigenvalue weighted by Gasteiger charge is -2.01. The van der Waals surface area contributed by atoms with Crippen LogP contribution >= 0.6 is 0 Å². The first-order valence-electron chi connectivity index (χ1n) is 4.04. The smallest absolute Gasteiger partial charge is 0.150 e. The van der Waals surface area contributed by atoms with Crippen molar-refractivity contribution in [3.05, 3.63) is 29.3 Å². The van der Waals surface area contributed by atoms with E-state index in [1.165, 1.54) is 0 Å². The molecule has 2 heteroatoms. The van der Waals surface area contributed by atoms with Crippen LogP contribution in [-0.2, 0) is 6.42 Å². The number of hydrogen-bond acceptors (Lipinski definition) is 2. The van der Waals surface area contributed by atoms with E-state index in [1.807, 2.05) is 19.1 Å². The van der Waals surface area contributed by atoms with Crippen molar-refractivity contribution in [1.29, 1.82) is 0 Å². The molecule has 1 aliphatic heterocycles. The van der Waals surface area contributed by atoms with Crippen molar-refractivity contribution in [1.82, 2.24) is 0 Å². The number of rotatable bonds is 1. The van der Waals surface area contributed by atoms with Gasteiger partial charge in [-0.05, 0) is 30.7 Å². The van der Waals surface area contributed by atoms with Crippen LogP contribution in [-0.4, -0.2) is 12.4 Å². The molecule has 1 unspecified atom stereocenters. The van der Waals surface area contributed by atoms with Gasteiger partial charge in [0.15, 0.2) is 0 Å². The lowest BCUT2D eigenvalue weighted by Crippen LogP contribution is -2.05. The molecule has 1 aliphatic rings. The third-order valence-corrected chi connectivity index (χ3v) is 2.06. The Balaban J connectivity index is 2.41. The summed E-state index contributed by atoms with van der Waals surface area (Å²) in [4.78, 5) is 10.4. The molecule has 2 nitrogen and oxygen atoms in total. The first kappa shape index (κ1) is 7.35. The van der Waals surface area contributed by atoms with Gasteiger partial charge in [0.1, 0.15) is 18.1 Å². The summed E-state index contributed by atoms with van der Waals surface area (Å²) in [5, 5.41) is 0. The Bertz CT molecular complexity index is 318. The average Bonchev–Trinajstić information content (AvgIpc) is 2.43. The summed E-state index contributed by atoms with van der Waals surface area (Å²) in [6, 6.07) is 5.54. The van der Waals surface area contributed by atoms with Gasteiger partial charge >= 0.3 is 0 Å². The van der Waals surface area contributed by atoms with Crippen molar-refractivity contribution in [2.75, 3.05) is 0 Å². The zero-order valence-corrected chi connectivity index (χ0v) is 6.91. The molecule has 0 radical (unpaired) electrons. The van der Waals surface area contributed by atoms with Crippen molar-refractivity contribution in [3.8, 4) is 5.75 Å². The fourth-order valence-corrected chi connectivity index (χ4v) is 1.52. The second-order valence-electron chi connectivity index (χ2n) is 3.12. The molecule has 0 fully saturated rings. The van der Waals surface area contributed by atoms with Crippen LogP contribution in [0.15, 0.2) is 18.2 Å². The van der Waals surface area contributed by atoms with E-state index in [2.05, 4.69) is 0 Å². The Hall–Kier alpha value is -1.31. The molecule has 1 heterocycles. The van der Waals surface area contributed by atoms with Crippen LogP contribution in [0.4, 0.5) is 0 Å². The Labute approximate surface area is 71.2 Å². The first-order valence-corrected chi connectivity index (χ1v) is 4.04. The summed E-state index contributed by atoms with van der Waals surface area (Å²) in [6.45, 7) is 2.03. The maximum Gasteiger partial charge on any atom is 0.150 e. The molecule has 0 amide bonds. The molecule has 1 aromatic carbocycles. The fraction of sp³-hybridized carbons (Fsp3) is 0.300. The lowest BCUT2D eigenvalue weighted by molar-refractivity contribution is 0.112. The Morgan fingerprint density at radius 2 is 2.42 bits per heavy atom. The molecule has 0 aliphatic carbocycles. The number of fused-ring (bicyclic) bond motifs is 1. The highest BCUT2D eigenvalue weighted by Gasteiger charge is 2.18. The topological polar surface area (TPSA) is 26.3 Å². The number of hydrogen-bond donors (Lipinski definition) is 0. The van der Waals surface area contributed by atoms with E-state index < -0.39 is 0 Å². The van der Waals surface area contributed by atoms with E-state index in [1.54, 1.807) is 6.07 Å². The van der Waals surface area contributed by atoms with Gasteiger partial charge in [-0.25, -0.2) is 0 Å². The third kappa shape index (κ3) is 1.09. The van der Waals surface area contributed by atoms with E-state index in [9.17, 15) is 4.79 Å². The summed E-state index contributed by atoms with van der Waals surface area (Å²) in [5.74, 6) is 0.924. The molecular formula is C10H10O2. The van der Waals surface area contributed by atoms with E-state index >= 15 is 0 Å². The first-order chi connectivity index (χ1) is 5.79. The van der Waals surface area contributed by atoms with E-state index in [-0.39, 0.29) is 6.10 Å². The minimum Gasteiger partial charge on any atom is -0.490 e. The van der Waals surface area contributed by atoms with Crippen LogP contribution in [0.3, 0.4) is 0 Å². The molecule has 1 atom stereocenters. The van der Waals surface area contributed by atoms with Gasteiger partial charge in [-0.2, -0.15) is 0 Å². The summed E-state index contributed by atoms with van der Waals surface area (Å²) >= 11 is 0. The summed E-state index contributed by atoms with van der Waals surface area (Å²) in [7, 11) is 0. The van der Waals surface area contributed by atoms with Gasteiger partial charge < -0.3 is 4.74 Å². The average molecular weight is 162 g/mol. The number of carbonyl (C=O) groups excluding carboxylic acids is 1. The van der Waals surface area contributed by atoms with Crippen molar-refractivity contribution >= 4 is 6.29 Å². The summed E-state index contributed by atoms with van der Waals surface area (Å²) in [6.07, 6.45) is 2.03. The maximum absolute atomic E-state index is 10.4. The highest BCUT2D eigenvalue weighted by atomic mass is 16.5. The van der Waals surface area contributed by atoms with Crippen molar-refractivity contribution in [2.24, 2.45) is 0 Å². The molecule has 12 heavy (non-hydrogen) atoms. The van der Waals surface area contributed by atoms with Gasteiger partial charge in [-0.3, -0.25) is 4.79 Å². The lowest BCUT2D eigenvalue weighted by atomic mass is 10.1. The van der Waals surface area contributed by atoms with Crippen LogP contribution in [0.5, 0.6) is 5.75 Å². The molecule has 0 N–H and O–H groups in total. The molecule has 2 rings (SSSR count).